The second kappa shape index (κ2) is 11.3. The minimum Gasteiger partial charge on any atom is -0.207 e. The van der Waals surface area contributed by atoms with Crippen LogP contribution in [-0.4, -0.2) is 0 Å². The van der Waals surface area contributed by atoms with E-state index in [1.807, 2.05) is 6.07 Å². The topological polar surface area (TPSA) is 0 Å². The van der Waals surface area contributed by atoms with Gasteiger partial charge in [0.2, 0.25) is 0 Å². The molecule has 4 rings (SSSR count). The standard InChI is InChI=1S/C30H47F/c1-3-5-6-25-15-16-29(21-30(25)31)28-18-17-26-19-24(13-14-27(26)20-28)12-11-23-9-7-22(4-2)8-10-23/h15-16,21-24,26-28H,3-14,17-20H2,1-2H3. The van der Waals surface area contributed by atoms with E-state index in [4.69, 9.17) is 0 Å². The number of benzene rings is 1. The third kappa shape index (κ3) is 6.14. The lowest BCUT2D eigenvalue weighted by atomic mass is 9.63. The molecule has 0 radical (unpaired) electrons. The molecule has 0 bridgehead atoms. The summed E-state index contributed by atoms with van der Waals surface area (Å²) in [6, 6.07) is 6.21. The summed E-state index contributed by atoms with van der Waals surface area (Å²) in [5.41, 5.74) is 2.20. The summed E-state index contributed by atoms with van der Waals surface area (Å²) in [5, 5.41) is 0. The summed E-state index contributed by atoms with van der Waals surface area (Å²) in [7, 11) is 0. The predicted molar refractivity (Wildman–Crippen MR) is 131 cm³/mol. The molecule has 4 atom stereocenters. The molecule has 1 heteroatoms. The molecule has 0 spiro atoms. The fraction of sp³-hybridized carbons (Fsp3) is 0.800. The molecule has 1 aromatic carbocycles. The van der Waals surface area contributed by atoms with E-state index in [9.17, 15) is 4.39 Å². The first-order valence-corrected chi connectivity index (χ1v) is 13.9. The van der Waals surface area contributed by atoms with Gasteiger partial charge in [0.25, 0.3) is 0 Å². The highest BCUT2D eigenvalue weighted by molar-refractivity contribution is 5.27. The van der Waals surface area contributed by atoms with E-state index in [2.05, 4.69) is 26.0 Å². The highest BCUT2D eigenvalue weighted by Crippen LogP contribution is 2.49. The number of halogens is 1. The summed E-state index contributed by atoms with van der Waals surface area (Å²) >= 11 is 0. The maximum atomic E-state index is 14.6. The summed E-state index contributed by atoms with van der Waals surface area (Å²) in [6.07, 6.45) is 21.9. The Balaban J connectivity index is 1.23. The van der Waals surface area contributed by atoms with Crippen LogP contribution in [-0.2, 0) is 6.42 Å². The highest BCUT2D eigenvalue weighted by Gasteiger charge is 2.36. The fourth-order valence-electron chi connectivity index (χ4n) is 7.34. The summed E-state index contributed by atoms with van der Waals surface area (Å²) in [5.74, 6) is 5.56. The SMILES string of the molecule is CCCCc1ccc(C2CCC3CC(CCC4CCC(CC)CC4)CCC3C2)cc1F. The van der Waals surface area contributed by atoms with Gasteiger partial charge >= 0.3 is 0 Å². The van der Waals surface area contributed by atoms with Crippen molar-refractivity contribution < 1.29 is 4.39 Å². The number of unbranched alkanes of at least 4 members (excludes halogenated alkanes) is 1. The molecule has 0 aliphatic heterocycles. The summed E-state index contributed by atoms with van der Waals surface area (Å²) < 4.78 is 14.6. The van der Waals surface area contributed by atoms with Gasteiger partial charge in [-0.1, -0.05) is 83.8 Å². The zero-order valence-corrected chi connectivity index (χ0v) is 20.4. The van der Waals surface area contributed by atoms with E-state index in [0.717, 1.165) is 54.4 Å². The Kier molecular flexibility index (Phi) is 8.52. The van der Waals surface area contributed by atoms with E-state index in [1.165, 1.54) is 89.0 Å². The Morgan fingerprint density at radius 1 is 0.774 bits per heavy atom. The molecular weight excluding hydrogens is 379 g/mol. The van der Waals surface area contributed by atoms with Crippen LogP contribution in [0.15, 0.2) is 18.2 Å². The van der Waals surface area contributed by atoms with Crippen molar-refractivity contribution in [1.29, 1.82) is 0 Å². The zero-order chi connectivity index (χ0) is 21.6. The van der Waals surface area contributed by atoms with Crippen LogP contribution in [0.1, 0.15) is 127 Å². The van der Waals surface area contributed by atoms with Gasteiger partial charge in [0.1, 0.15) is 5.82 Å². The van der Waals surface area contributed by atoms with Crippen molar-refractivity contribution in [2.75, 3.05) is 0 Å². The van der Waals surface area contributed by atoms with Crippen molar-refractivity contribution in [2.24, 2.45) is 29.6 Å². The van der Waals surface area contributed by atoms with Gasteiger partial charge in [0.05, 0.1) is 0 Å². The second-order valence-electron chi connectivity index (χ2n) is 11.5. The smallest absolute Gasteiger partial charge is 0.126 e. The van der Waals surface area contributed by atoms with E-state index >= 15 is 0 Å². The maximum absolute atomic E-state index is 14.6. The number of rotatable bonds is 8. The minimum absolute atomic E-state index is 0.0461. The Morgan fingerprint density at radius 3 is 2.19 bits per heavy atom. The van der Waals surface area contributed by atoms with Crippen LogP contribution >= 0.6 is 0 Å². The summed E-state index contributed by atoms with van der Waals surface area (Å²) in [4.78, 5) is 0. The average molecular weight is 427 g/mol. The van der Waals surface area contributed by atoms with Gasteiger partial charge in [-0.25, -0.2) is 4.39 Å². The molecule has 0 saturated heterocycles. The highest BCUT2D eigenvalue weighted by atomic mass is 19.1. The number of hydrogen-bond donors (Lipinski definition) is 0. The van der Waals surface area contributed by atoms with Crippen LogP contribution < -0.4 is 0 Å². The van der Waals surface area contributed by atoms with Crippen LogP contribution in [0.25, 0.3) is 0 Å². The van der Waals surface area contributed by atoms with Gasteiger partial charge < -0.3 is 0 Å². The van der Waals surface area contributed by atoms with Gasteiger partial charge in [0, 0.05) is 0 Å². The maximum Gasteiger partial charge on any atom is 0.126 e. The van der Waals surface area contributed by atoms with Crippen LogP contribution in [0.3, 0.4) is 0 Å². The third-order valence-electron chi connectivity index (χ3n) is 9.60. The van der Waals surface area contributed by atoms with Crippen molar-refractivity contribution in [1.82, 2.24) is 0 Å². The first kappa shape index (κ1) is 23.3. The molecule has 31 heavy (non-hydrogen) atoms. The molecule has 3 saturated carbocycles. The van der Waals surface area contributed by atoms with E-state index in [-0.39, 0.29) is 5.82 Å². The summed E-state index contributed by atoms with van der Waals surface area (Å²) in [6.45, 7) is 4.55. The predicted octanol–water partition coefficient (Wildman–Crippen LogP) is 9.46. The van der Waals surface area contributed by atoms with E-state index in [0.29, 0.717) is 5.92 Å². The minimum atomic E-state index is 0.0461. The van der Waals surface area contributed by atoms with Crippen molar-refractivity contribution in [3.05, 3.63) is 35.1 Å². The van der Waals surface area contributed by atoms with Gasteiger partial charge in [-0.3, -0.25) is 0 Å². The number of aryl methyl sites for hydroxylation is 1. The number of hydrogen-bond acceptors (Lipinski definition) is 0. The van der Waals surface area contributed by atoms with Crippen LogP contribution in [0.2, 0.25) is 0 Å². The Bertz CT molecular complexity index is 671. The lowest BCUT2D eigenvalue weighted by molar-refractivity contribution is 0.108. The molecule has 174 valence electrons. The van der Waals surface area contributed by atoms with Gasteiger partial charge in [-0.05, 0) is 97.6 Å². The molecule has 3 aliphatic rings. The number of fused-ring (bicyclic) bond motifs is 1. The molecule has 0 nitrogen and oxygen atoms in total. The molecule has 0 aromatic heterocycles. The Hall–Kier alpha value is -0.850. The average Bonchev–Trinajstić information content (AvgIpc) is 2.82. The van der Waals surface area contributed by atoms with Crippen molar-refractivity contribution >= 4 is 0 Å². The van der Waals surface area contributed by atoms with Crippen molar-refractivity contribution in [2.45, 2.75) is 122 Å². The quantitative estimate of drug-likeness (QED) is 0.388. The lowest BCUT2D eigenvalue weighted by Gasteiger charge is -2.43. The van der Waals surface area contributed by atoms with Crippen molar-refractivity contribution in [3.8, 4) is 0 Å². The third-order valence-corrected chi connectivity index (χ3v) is 9.60. The normalized spacial score (nSPS) is 33.8. The molecule has 0 heterocycles. The lowest BCUT2D eigenvalue weighted by Crippen LogP contribution is -2.30. The van der Waals surface area contributed by atoms with Crippen molar-refractivity contribution in [3.63, 3.8) is 0 Å². The van der Waals surface area contributed by atoms with Crippen LogP contribution in [0.5, 0.6) is 0 Å². The van der Waals surface area contributed by atoms with Gasteiger partial charge in [0.15, 0.2) is 0 Å². The first-order valence-electron chi connectivity index (χ1n) is 13.9. The molecule has 0 amide bonds. The first-order chi connectivity index (χ1) is 15.2. The second-order valence-corrected chi connectivity index (χ2v) is 11.5. The van der Waals surface area contributed by atoms with Gasteiger partial charge in [-0.15, -0.1) is 0 Å². The monoisotopic (exact) mass is 426 g/mol. The van der Waals surface area contributed by atoms with Crippen LogP contribution in [0.4, 0.5) is 4.39 Å². The fourth-order valence-corrected chi connectivity index (χ4v) is 7.34. The van der Waals surface area contributed by atoms with Crippen LogP contribution in [0, 0.1) is 35.4 Å². The molecule has 1 aromatic rings. The molecule has 3 fully saturated rings. The van der Waals surface area contributed by atoms with E-state index < -0.39 is 0 Å². The Morgan fingerprint density at radius 2 is 1.45 bits per heavy atom. The molecule has 3 aliphatic carbocycles. The molecule has 4 unspecified atom stereocenters. The van der Waals surface area contributed by atoms with Gasteiger partial charge in [-0.2, -0.15) is 0 Å². The molecule has 0 N–H and O–H groups in total. The van der Waals surface area contributed by atoms with E-state index in [1.54, 1.807) is 0 Å². The Labute approximate surface area is 191 Å². The zero-order valence-electron chi connectivity index (χ0n) is 20.4. The largest absolute Gasteiger partial charge is 0.207 e. The molecular formula is C30H47F.